The fraction of sp³-hybridized carbons (Fsp3) is 0.235. The summed E-state index contributed by atoms with van der Waals surface area (Å²) in [6.45, 7) is 2.06. The van der Waals surface area contributed by atoms with Crippen molar-refractivity contribution in [1.82, 2.24) is 0 Å². The molecule has 0 fully saturated rings. The van der Waals surface area contributed by atoms with Crippen molar-refractivity contribution < 1.29 is 19.4 Å². The number of ether oxygens (including phenoxy) is 2. The third-order valence-corrected chi connectivity index (χ3v) is 3.91. The number of halogens is 1. The van der Waals surface area contributed by atoms with Gasteiger partial charge in [-0.25, -0.2) is 4.79 Å². The lowest BCUT2D eigenvalue weighted by molar-refractivity contribution is -0.145. The molecule has 0 saturated carbocycles. The van der Waals surface area contributed by atoms with E-state index in [1.165, 1.54) is 0 Å². The highest BCUT2D eigenvalue weighted by atomic mass is 79.9. The van der Waals surface area contributed by atoms with Gasteiger partial charge in [-0.05, 0) is 52.2 Å². The molecular weight excluding hydrogens is 348 g/mol. The number of hydrogen-bond donors (Lipinski definition) is 1. The third-order valence-electron chi connectivity index (χ3n) is 3.29. The van der Waals surface area contributed by atoms with Crippen LogP contribution in [0.15, 0.2) is 46.9 Å². The van der Waals surface area contributed by atoms with Gasteiger partial charge in [-0.15, -0.1) is 0 Å². The van der Waals surface area contributed by atoms with Crippen molar-refractivity contribution in [3.8, 4) is 11.5 Å². The highest BCUT2D eigenvalue weighted by Gasteiger charge is 2.23. The minimum absolute atomic E-state index is 0.500. The summed E-state index contributed by atoms with van der Waals surface area (Å²) in [5.41, 5.74) is 1.70. The molecule has 116 valence electrons. The van der Waals surface area contributed by atoms with Gasteiger partial charge in [0.25, 0.3) is 0 Å². The van der Waals surface area contributed by atoms with E-state index in [4.69, 9.17) is 9.47 Å². The van der Waals surface area contributed by atoms with Gasteiger partial charge in [0.15, 0.2) is 0 Å². The number of aryl methyl sites for hydroxylation is 1. The normalized spacial score (nSPS) is 11.8. The Morgan fingerprint density at radius 3 is 2.41 bits per heavy atom. The largest absolute Gasteiger partial charge is 0.497 e. The van der Waals surface area contributed by atoms with Crippen LogP contribution < -0.4 is 9.47 Å². The summed E-state index contributed by atoms with van der Waals surface area (Å²) in [5, 5.41) is 9.43. The van der Waals surface area contributed by atoms with E-state index in [0.717, 1.165) is 16.5 Å². The van der Waals surface area contributed by atoms with Crippen molar-refractivity contribution in [2.45, 2.75) is 19.4 Å². The van der Waals surface area contributed by atoms with Crippen molar-refractivity contribution in [2.75, 3.05) is 7.11 Å². The monoisotopic (exact) mass is 364 g/mol. The first-order valence-corrected chi connectivity index (χ1v) is 7.66. The van der Waals surface area contributed by atoms with Crippen molar-refractivity contribution in [2.24, 2.45) is 0 Å². The van der Waals surface area contributed by atoms with E-state index >= 15 is 0 Å². The van der Waals surface area contributed by atoms with Crippen LogP contribution in [0.4, 0.5) is 0 Å². The summed E-state index contributed by atoms with van der Waals surface area (Å²) >= 11 is 3.42. The number of hydrogen-bond acceptors (Lipinski definition) is 3. The maximum atomic E-state index is 11.5. The van der Waals surface area contributed by atoms with Gasteiger partial charge in [0.2, 0.25) is 6.10 Å². The molecule has 0 aliphatic heterocycles. The molecule has 0 spiro atoms. The van der Waals surface area contributed by atoms with Crippen molar-refractivity contribution in [3.05, 3.63) is 58.1 Å². The lowest BCUT2D eigenvalue weighted by Crippen LogP contribution is -2.18. The van der Waals surface area contributed by atoms with E-state index in [-0.39, 0.29) is 0 Å². The van der Waals surface area contributed by atoms with Crippen LogP contribution in [0.5, 0.6) is 11.5 Å². The molecule has 0 aromatic heterocycles. The first-order valence-electron chi connectivity index (χ1n) is 6.87. The quantitative estimate of drug-likeness (QED) is 0.833. The summed E-state index contributed by atoms with van der Waals surface area (Å²) < 4.78 is 11.5. The minimum Gasteiger partial charge on any atom is -0.497 e. The standard InChI is InChI=1S/C17H17BrO4/c1-3-11-4-9-15(14(18)10-11)22-16(17(19)20)12-5-7-13(21-2)8-6-12/h4-10,16H,3H2,1-2H3,(H,19,20). The summed E-state index contributed by atoms with van der Waals surface area (Å²) in [6.07, 6.45) is -0.172. The van der Waals surface area contributed by atoms with Crippen molar-refractivity contribution >= 4 is 21.9 Å². The molecule has 0 heterocycles. The zero-order chi connectivity index (χ0) is 16.1. The first kappa shape index (κ1) is 16.4. The predicted molar refractivity (Wildman–Crippen MR) is 87.5 cm³/mol. The van der Waals surface area contributed by atoms with E-state index in [9.17, 15) is 9.90 Å². The molecule has 1 N–H and O–H groups in total. The average Bonchev–Trinajstić information content (AvgIpc) is 2.53. The second-order valence-electron chi connectivity index (χ2n) is 4.73. The number of benzene rings is 2. The molecule has 4 nitrogen and oxygen atoms in total. The van der Waals surface area contributed by atoms with Crippen LogP contribution >= 0.6 is 15.9 Å². The molecule has 0 bridgehead atoms. The van der Waals surface area contributed by atoms with Gasteiger partial charge in [0.1, 0.15) is 11.5 Å². The van der Waals surface area contributed by atoms with E-state index in [2.05, 4.69) is 22.9 Å². The summed E-state index contributed by atoms with van der Waals surface area (Å²) in [4.78, 5) is 11.5. The smallest absolute Gasteiger partial charge is 0.349 e. The van der Waals surface area contributed by atoms with Crippen LogP contribution in [-0.2, 0) is 11.2 Å². The Balaban J connectivity index is 2.27. The number of carboxylic acid groups (broad SMARTS) is 1. The van der Waals surface area contributed by atoms with Crippen molar-refractivity contribution in [3.63, 3.8) is 0 Å². The fourth-order valence-corrected chi connectivity index (χ4v) is 2.55. The van der Waals surface area contributed by atoms with Gasteiger partial charge in [0, 0.05) is 5.56 Å². The number of rotatable bonds is 6. The van der Waals surface area contributed by atoms with Crippen LogP contribution in [0, 0.1) is 0 Å². The molecular formula is C17H17BrO4. The lowest BCUT2D eigenvalue weighted by atomic mass is 10.1. The fourth-order valence-electron chi connectivity index (χ4n) is 2.03. The summed E-state index contributed by atoms with van der Waals surface area (Å²) in [6, 6.07) is 12.4. The molecule has 0 saturated heterocycles. The maximum Gasteiger partial charge on any atom is 0.349 e. The molecule has 0 aliphatic carbocycles. The molecule has 0 aliphatic rings. The molecule has 0 radical (unpaired) electrons. The topological polar surface area (TPSA) is 55.8 Å². The zero-order valence-corrected chi connectivity index (χ0v) is 14.0. The predicted octanol–water partition coefficient (Wildman–Crippen LogP) is 4.22. The van der Waals surface area contributed by atoms with E-state index in [1.807, 2.05) is 12.1 Å². The van der Waals surface area contributed by atoms with Gasteiger partial charge in [-0.2, -0.15) is 0 Å². The van der Waals surface area contributed by atoms with Gasteiger partial charge < -0.3 is 14.6 Å². The number of carbonyl (C=O) groups is 1. The van der Waals surface area contributed by atoms with Gasteiger partial charge >= 0.3 is 5.97 Å². The first-order chi connectivity index (χ1) is 10.5. The van der Waals surface area contributed by atoms with E-state index in [0.29, 0.717) is 17.1 Å². The maximum absolute atomic E-state index is 11.5. The van der Waals surface area contributed by atoms with Crippen LogP contribution in [0.25, 0.3) is 0 Å². The molecule has 5 heteroatoms. The Morgan fingerprint density at radius 1 is 1.23 bits per heavy atom. The second kappa shape index (κ2) is 7.31. The van der Waals surface area contributed by atoms with Crippen LogP contribution in [-0.4, -0.2) is 18.2 Å². The summed E-state index contributed by atoms with van der Waals surface area (Å²) in [5.74, 6) is 0.124. The van der Waals surface area contributed by atoms with E-state index < -0.39 is 12.1 Å². The number of carboxylic acids is 1. The van der Waals surface area contributed by atoms with Gasteiger partial charge in [-0.3, -0.25) is 0 Å². The van der Waals surface area contributed by atoms with Gasteiger partial charge in [-0.1, -0.05) is 25.1 Å². The molecule has 2 aromatic carbocycles. The average molecular weight is 365 g/mol. The van der Waals surface area contributed by atoms with Crippen molar-refractivity contribution in [1.29, 1.82) is 0 Å². The molecule has 1 atom stereocenters. The van der Waals surface area contributed by atoms with Crippen LogP contribution in [0.1, 0.15) is 24.2 Å². The Kier molecular flexibility index (Phi) is 5.44. The Labute approximate surface area is 137 Å². The summed E-state index contributed by atoms with van der Waals surface area (Å²) in [7, 11) is 1.56. The SMILES string of the molecule is CCc1ccc(OC(C(=O)O)c2ccc(OC)cc2)c(Br)c1. The van der Waals surface area contributed by atoms with Crippen LogP contribution in [0.2, 0.25) is 0 Å². The Morgan fingerprint density at radius 2 is 1.91 bits per heavy atom. The molecule has 0 amide bonds. The molecule has 2 aromatic rings. The van der Waals surface area contributed by atoms with Gasteiger partial charge in [0.05, 0.1) is 11.6 Å². The third kappa shape index (κ3) is 3.80. The molecule has 22 heavy (non-hydrogen) atoms. The molecule has 1 unspecified atom stereocenters. The van der Waals surface area contributed by atoms with E-state index in [1.54, 1.807) is 37.4 Å². The minimum atomic E-state index is -1.07. The number of methoxy groups -OCH3 is 1. The highest BCUT2D eigenvalue weighted by molar-refractivity contribution is 9.10. The lowest BCUT2D eigenvalue weighted by Gasteiger charge is -2.17. The van der Waals surface area contributed by atoms with Crippen LogP contribution in [0.3, 0.4) is 0 Å². The highest BCUT2D eigenvalue weighted by Crippen LogP contribution is 2.31. The zero-order valence-electron chi connectivity index (χ0n) is 12.4. The number of aliphatic carboxylic acids is 1. The Hall–Kier alpha value is -2.01. The molecule has 2 rings (SSSR count). The Bertz CT molecular complexity index is 652. The second-order valence-corrected chi connectivity index (χ2v) is 5.58.